The van der Waals surface area contributed by atoms with Crippen molar-refractivity contribution in [1.29, 1.82) is 0 Å². The quantitative estimate of drug-likeness (QED) is 0.613. The van der Waals surface area contributed by atoms with Crippen LogP contribution in [0.15, 0.2) is 48.7 Å². The molecule has 2 heterocycles. The molecule has 1 aromatic heterocycles. The van der Waals surface area contributed by atoms with Crippen LogP contribution in [0.4, 0.5) is 20.3 Å². The Kier molecular flexibility index (Phi) is 5.28. The number of anilines is 2. The van der Waals surface area contributed by atoms with Crippen LogP contribution >= 0.6 is 11.6 Å². The Hall–Kier alpha value is -3.23. The molecule has 0 unspecified atom stereocenters. The number of carbonyl (C=O) groups excluding carboxylic acids is 1. The monoisotopic (exact) mass is 443 g/mol. The number of amides is 1. The minimum absolute atomic E-state index is 0.0107. The summed E-state index contributed by atoms with van der Waals surface area (Å²) in [5.41, 5.74) is 6.38. The molecule has 3 N–H and O–H groups in total. The molecule has 6 nitrogen and oxygen atoms in total. The molecule has 4 rings (SSSR count). The number of nitrogens with one attached hydrogen (secondary N) is 1. The summed E-state index contributed by atoms with van der Waals surface area (Å²) in [6, 6.07) is 10.3. The van der Waals surface area contributed by atoms with Gasteiger partial charge in [0.25, 0.3) is 0 Å². The fourth-order valence-corrected chi connectivity index (χ4v) is 3.69. The molecule has 0 saturated heterocycles. The van der Waals surface area contributed by atoms with Crippen LogP contribution in [-0.2, 0) is 10.3 Å². The average Bonchev–Trinajstić information content (AvgIpc) is 3.10. The molecular formula is C22H20ClF2N5O. The molecule has 9 heteroatoms. The number of rotatable bonds is 4. The van der Waals surface area contributed by atoms with Crippen molar-refractivity contribution in [2.24, 2.45) is 5.73 Å². The van der Waals surface area contributed by atoms with Gasteiger partial charge in [-0.1, -0.05) is 11.6 Å². The highest BCUT2D eigenvalue weighted by molar-refractivity contribution is 6.30. The van der Waals surface area contributed by atoms with E-state index in [1.165, 1.54) is 29.2 Å². The normalized spacial score (nSPS) is 14.5. The number of carbonyl (C=O) groups is 1. The first kappa shape index (κ1) is 21.0. The van der Waals surface area contributed by atoms with E-state index in [0.717, 1.165) is 0 Å². The number of fused-ring (bicyclic) bond motifs is 1. The van der Waals surface area contributed by atoms with Crippen molar-refractivity contribution in [1.82, 2.24) is 14.5 Å². The van der Waals surface area contributed by atoms with Crippen molar-refractivity contribution in [2.75, 3.05) is 11.9 Å². The van der Waals surface area contributed by atoms with E-state index in [9.17, 15) is 13.6 Å². The Labute approximate surface area is 182 Å². The molecule has 0 spiro atoms. The van der Waals surface area contributed by atoms with Crippen LogP contribution in [0.5, 0.6) is 0 Å². The lowest BCUT2D eigenvalue weighted by atomic mass is 10.0. The highest BCUT2D eigenvalue weighted by atomic mass is 35.5. The Bertz CT molecular complexity index is 1190. The van der Waals surface area contributed by atoms with E-state index in [-0.39, 0.29) is 23.3 Å². The van der Waals surface area contributed by atoms with Gasteiger partial charge in [-0.2, -0.15) is 0 Å². The number of hydrogen-bond donors (Lipinski definition) is 2. The molecule has 0 bridgehead atoms. The Morgan fingerprint density at radius 1 is 1.16 bits per heavy atom. The fourth-order valence-electron chi connectivity index (χ4n) is 3.57. The maximum atomic E-state index is 14.0. The second-order valence-electron chi connectivity index (χ2n) is 7.59. The van der Waals surface area contributed by atoms with Crippen molar-refractivity contribution < 1.29 is 13.6 Å². The molecule has 3 aromatic rings. The lowest BCUT2D eigenvalue weighted by Gasteiger charge is -2.38. The molecule has 1 amide bonds. The van der Waals surface area contributed by atoms with Crippen molar-refractivity contribution >= 4 is 35.2 Å². The largest absolute Gasteiger partial charge is 0.339 e. The van der Waals surface area contributed by atoms with E-state index < -0.39 is 11.4 Å². The smallest absolute Gasteiger partial charge is 0.241 e. The molecule has 1 aliphatic rings. The highest BCUT2D eigenvalue weighted by Gasteiger charge is 2.39. The van der Waals surface area contributed by atoms with E-state index in [0.29, 0.717) is 28.6 Å². The number of imidazole rings is 1. The summed E-state index contributed by atoms with van der Waals surface area (Å²) in [6.45, 7) is 3.56. The number of benzene rings is 2. The average molecular weight is 444 g/mol. The maximum Gasteiger partial charge on any atom is 0.241 e. The van der Waals surface area contributed by atoms with Crippen molar-refractivity contribution in [3.63, 3.8) is 0 Å². The lowest BCUT2D eigenvalue weighted by molar-refractivity contribution is -0.132. The lowest BCUT2D eigenvalue weighted by Crippen LogP contribution is -2.47. The second kappa shape index (κ2) is 7.79. The van der Waals surface area contributed by atoms with Gasteiger partial charge in [0.1, 0.15) is 34.5 Å². The standard InChI is InChI=1S/C22H20ClF2N5O/c1-22(2)21-28-19(13-3-5-14(24)6-4-13)20(27-15-7-8-16(23)17(25)11-15)29(21)9-10-30(22)18(31)12-26/h3-11,27H,12,26H2,1-2H3. The first-order chi connectivity index (χ1) is 14.7. The van der Waals surface area contributed by atoms with Gasteiger partial charge in [0.05, 0.1) is 11.6 Å². The summed E-state index contributed by atoms with van der Waals surface area (Å²) >= 11 is 5.80. The minimum atomic E-state index is -0.814. The van der Waals surface area contributed by atoms with Gasteiger partial charge in [0, 0.05) is 23.7 Å². The van der Waals surface area contributed by atoms with Crippen LogP contribution in [0.3, 0.4) is 0 Å². The molecule has 0 saturated carbocycles. The zero-order chi connectivity index (χ0) is 22.3. The van der Waals surface area contributed by atoms with Crippen LogP contribution in [-0.4, -0.2) is 26.9 Å². The summed E-state index contributed by atoms with van der Waals surface area (Å²) in [7, 11) is 0. The summed E-state index contributed by atoms with van der Waals surface area (Å²) in [5, 5.41) is 3.20. The first-order valence-corrected chi connectivity index (χ1v) is 9.91. The van der Waals surface area contributed by atoms with Crippen molar-refractivity contribution in [3.8, 4) is 11.3 Å². The van der Waals surface area contributed by atoms with Gasteiger partial charge < -0.3 is 16.0 Å². The summed E-state index contributed by atoms with van der Waals surface area (Å²) in [4.78, 5) is 18.7. The molecule has 0 atom stereocenters. The molecule has 0 fully saturated rings. The summed E-state index contributed by atoms with van der Waals surface area (Å²) in [6.07, 6.45) is 3.31. The van der Waals surface area contributed by atoms with Gasteiger partial charge in [-0.3, -0.25) is 9.36 Å². The third-order valence-corrected chi connectivity index (χ3v) is 5.48. The zero-order valence-electron chi connectivity index (χ0n) is 16.9. The Morgan fingerprint density at radius 3 is 2.52 bits per heavy atom. The summed E-state index contributed by atoms with van der Waals surface area (Å²) < 4.78 is 29.3. The predicted octanol–water partition coefficient (Wildman–Crippen LogP) is 4.69. The van der Waals surface area contributed by atoms with E-state index in [4.69, 9.17) is 22.3 Å². The third kappa shape index (κ3) is 3.68. The van der Waals surface area contributed by atoms with Gasteiger partial charge in [0.15, 0.2) is 0 Å². The van der Waals surface area contributed by atoms with E-state index in [2.05, 4.69) is 5.32 Å². The molecule has 0 aliphatic carbocycles. The number of hydrogen-bond acceptors (Lipinski definition) is 4. The van der Waals surface area contributed by atoms with Gasteiger partial charge in [0.2, 0.25) is 5.91 Å². The van der Waals surface area contributed by atoms with Crippen LogP contribution in [0, 0.1) is 11.6 Å². The van der Waals surface area contributed by atoms with Gasteiger partial charge in [-0.15, -0.1) is 0 Å². The van der Waals surface area contributed by atoms with E-state index >= 15 is 0 Å². The van der Waals surface area contributed by atoms with E-state index in [1.54, 1.807) is 35.2 Å². The number of aromatic nitrogens is 2. The van der Waals surface area contributed by atoms with Crippen molar-refractivity contribution in [2.45, 2.75) is 19.4 Å². The number of halogens is 3. The van der Waals surface area contributed by atoms with Crippen molar-refractivity contribution in [3.05, 3.63) is 71.1 Å². The van der Waals surface area contributed by atoms with Gasteiger partial charge in [-0.25, -0.2) is 13.8 Å². The third-order valence-electron chi connectivity index (χ3n) is 5.17. The van der Waals surface area contributed by atoms with Crippen LogP contribution in [0.2, 0.25) is 5.02 Å². The predicted molar refractivity (Wildman–Crippen MR) is 117 cm³/mol. The molecular weight excluding hydrogens is 424 g/mol. The van der Waals surface area contributed by atoms with E-state index in [1.807, 2.05) is 13.8 Å². The molecule has 1 aliphatic heterocycles. The highest BCUT2D eigenvalue weighted by Crippen LogP contribution is 2.40. The topological polar surface area (TPSA) is 76.2 Å². The summed E-state index contributed by atoms with van der Waals surface area (Å²) in [5.74, 6) is -0.0976. The second-order valence-corrected chi connectivity index (χ2v) is 8.00. The molecule has 31 heavy (non-hydrogen) atoms. The zero-order valence-corrected chi connectivity index (χ0v) is 17.6. The van der Waals surface area contributed by atoms with Gasteiger partial charge in [-0.05, 0) is 56.3 Å². The van der Waals surface area contributed by atoms with Crippen LogP contribution < -0.4 is 11.1 Å². The molecule has 160 valence electrons. The Morgan fingerprint density at radius 2 is 1.87 bits per heavy atom. The first-order valence-electron chi connectivity index (χ1n) is 9.53. The Balaban J connectivity index is 1.88. The molecule has 2 aromatic carbocycles. The number of nitrogens with zero attached hydrogens (tertiary/aromatic N) is 3. The fraction of sp³-hybridized carbons (Fsp3) is 0.182. The number of nitrogens with two attached hydrogens (primary N) is 1. The minimum Gasteiger partial charge on any atom is -0.339 e. The van der Waals surface area contributed by atoms with Crippen LogP contribution in [0.1, 0.15) is 19.7 Å². The SMILES string of the molecule is CC1(C)c2nc(-c3ccc(F)cc3)c(Nc3ccc(Cl)c(F)c3)n2C=CN1C(=O)CN. The molecule has 0 radical (unpaired) electrons. The maximum absolute atomic E-state index is 14.0. The van der Waals surface area contributed by atoms with Crippen LogP contribution in [0.25, 0.3) is 17.5 Å². The van der Waals surface area contributed by atoms with Gasteiger partial charge >= 0.3 is 0 Å².